The second-order valence-electron chi connectivity index (χ2n) is 4.35. The van der Waals surface area contributed by atoms with E-state index in [0.29, 0.717) is 5.69 Å². The highest BCUT2D eigenvalue weighted by Gasteiger charge is 2.14. The van der Waals surface area contributed by atoms with Crippen molar-refractivity contribution in [3.8, 4) is 0 Å². The Hall–Kier alpha value is -2.07. The normalized spacial score (nSPS) is 11.8. The summed E-state index contributed by atoms with van der Waals surface area (Å²) in [6, 6.07) is 12.8. The fourth-order valence-corrected chi connectivity index (χ4v) is 1.90. The van der Waals surface area contributed by atoms with E-state index in [2.05, 4.69) is 10.6 Å². The van der Waals surface area contributed by atoms with Gasteiger partial charge in [-0.05, 0) is 37.3 Å². The molecule has 1 unspecified atom stereocenters. The van der Waals surface area contributed by atoms with Gasteiger partial charge in [-0.3, -0.25) is 4.79 Å². The summed E-state index contributed by atoms with van der Waals surface area (Å²) >= 11 is 5.86. The molecule has 0 radical (unpaired) electrons. The Kier molecular flexibility index (Phi) is 4.58. The minimum absolute atomic E-state index is 0.172. The monoisotopic (exact) mass is 292 g/mol. The Bertz CT molecular complexity index is 604. The zero-order valence-electron chi connectivity index (χ0n) is 10.9. The van der Waals surface area contributed by atoms with Crippen molar-refractivity contribution in [2.45, 2.75) is 13.0 Å². The Morgan fingerprint density at radius 2 is 1.90 bits per heavy atom. The van der Waals surface area contributed by atoms with Crippen LogP contribution in [-0.2, 0) is 4.79 Å². The molecule has 0 saturated carbocycles. The van der Waals surface area contributed by atoms with Gasteiger partial charge in [0.25, 0.3) is 0 Å². The summed E-state index contributed by atoms with van der Waals surface area (Å²) < 4.78 is 12.9. The standard InChI is InChI=1S/C15H14ClFN2O/c1-10(18-12-5-3-2-4-6-12)15(20)19-14-8-7-11(17)9-13(14)16/h2-10,18H,1H3,(H,19,20). The molecule has 3 nitrogen and oxygen atoms in total. The number of amides is 1. The number of rotatable bonds is 4. The maximum Gasteiger partial charge on any atom is 0.246 e. The Morgan fingerprint density at radius 1 is 1.20 bits per heavy atom. The van der Waals surface area contributed by atoms with Crippen molar-refractivity contribution in [3.63, 3.8) is 0 Å². The van der Waals surface area contributed by atoms with Crippen molar-refractivity contribution in [2.75, 3.05) is 10.6 Å². The van der Waals surface area contributed by atoms with E-state index in [1.165, 1.54) is 12.1 Å². The highest BCUT2D eigenvalue weighted by Crippen LogP contribution is 2.22. The molecular weight excluding hydrogens is 279 g/mol. The third kappa shape index (κ3) is 3.71. The van der Waals surface area contributed by atoms with E-state index in [4.69, 9.17) is 11.6 Å². The number of hydrogen-bond acceptors (Lipinski definition) is 2. The molecule has 104 valence electrons. The predicted octanol–water partition coefficient (Wildman–Crippen LogP) is 3.92. The molecule has 5 heteroatoms. The smallest absolute Gasteiger partial charge is 0.246 e. The average molecular weight is 293 g/mol. The number of nitrogens with one attached hydrogen (secondary N) is 2. The van der Waals surface area contributed by atoms with Crippen LogP contribution in [0.25, 0.3) is 0 Å². The number of halogens is 2. The van der Waals surface area contributed by atoms with Gasteiger partial charge in [-0.1, -0.05) is 29.8 Å². The van der Waals surface area contributed by atoms with Crippen molar-refractivity contribution < 1.29 is 9.18 Å². The Labute approximate surface area is 121 Å². The lowest BCUT2D eigenvalue weighted by molar-refractivity contribution is -0.116. The fourth-order valence-electron chi connectivity index (χ4n) is 1.68. The molecule has 0 bridgehead atoms. The first-order valence-corrected chi connectivity index (χ1v) is 6.51. The van der Waals surface area contributed by atoms with E-state index in [1.807, 2.05) is 30.3 Å². The van der Waals surface area contributed by atoms with Crippen LogP contribution in [0.15, 0.2) is 48.5 Å². The molecule has 0 heterocycles. The predicted molar refractivity (Wildman–Crippen MR) is 79.6 cm³/mol. The van der Waals surface area contributed by atoms with E-state index in [-0.39, 0.29) is 10.9 Å². The van der Waals surface area contributed by atoms with Crippen LogP contribution >= 0.6 is 11.6 Å². The minimum Gasteiger partial charge on any atom is -0.374 e. The van der Waals surface area contributed by atoms with E-state index < -0.39 is 11.9 Å². The lowest BCUT2D eigenvalue weighted by Crippen LogP contribution is -2.31. The average Bonchev–Trinajstić information content (AvgIpc) is 2.43. The van der Waals surface area contributed by atoms with Crippen LogP contribution in [0.3, 0.4) is 0 Å². The molecule has 0 aliphatic rings. The van der Waals surface area contributed by atoms with Gasteiger partial charge in [0.1, 0.15) is 11.9 Å². The number of carbonyl (C=O) groups excluding carboxylic acids is 1. The van der Waals surface area contributed by atoms with E-state index in [0.717, 1.165) is 11.8 Å². The number of para-hydroxylation sites is 1. The van der Waals surface area contributed by atoms with Gasteiger partial charge < -0.3 is 10.6 Å². The Balaban J connectivity index is 2.01. The molecular formula is C15H14ClFN2O. The first kappa shape index (κ1) is 14.3. The van der Waals surface area contributed by atoms with Gasteiger partial charge in [-0.15, -0.1) is 0 Å². The van der Waals surface area contributed by atoms with Crippen molar-refractivity contribution in [1.29, 1.82) is 0 Å². The fraction of sp³-hybridized carbons (Fsp3) is 0.133. The van der Waals surface area contributed by atoms with Crippen molar-refractivity contribution in [3.05, 3.63) is 59.4 Å². The van der Waals surface area contributed by atoms with Gasteiger partial charge >= 0.3 is 0 Å². The highest BCUT2D eigenvalue weighted by molar-refractivity contribution is 6.33. The third-order valence-electron chi connectivity index (χ3n) is 2.74. The lowest BCUT2D eigenvalue weighted by atomic mass is 10.2. The van der Waals surface area contributed by atoms with E-state index >= 15 is 0 Å². The largest absolute Gasteiger partial charge is 0.374 e. The second kappa shape index (κ2) is 6.39. The van der Waals surface area contributed by atoms with Gasteiger partial charge in [-0.2, -0.15) is 0 Å². The van der Waals surface area contributed by atoms with Crippen LogP contribution in [0.5, 0.6) is 0 Å². The molecule has 2 rings (SSSR count). The molecule has 1 amide bonds. The zero-order chi connectivity index (χ0) is 14.5. The molecule has 2 aromatic carbocycles. The molecule has 20 heavy (non-hydrogen) atoms. The number of benzene rings is 2. The van der Waals surface area contributed by atoms with E-state index in [9.17, 15) is 9.18 Å². The molecule has 0 fully saturated rings. The molecule has 0 aliphatic heterocycles. The van der Waals surface area contributed by atoms with Gasteiger partial charge in [0, 0.05) is 5.69 Å². The van der Waals surface area contributed by atoms with Gasteiger partial charge in [0.15, 0.2) is 0 Å². The molecule has 0 aromatic heterocycles. The second-order valence-corrected chi connectivity index (χ2v) is 4.75. The van der Waals surface area contributed by atoms with Crippen LogP contribution in [0.2, 0.25) is 5.02 Å². The van der Waals surface area contributed by atoms with Crippen molar-refractivity contribution in [1.82, 2.24) is 0 Å². The maximum atomic E-state index is 12.9. The Morgan fingerprint density at radius 3 is 2.55 bits per heavy atom. The maximum absolute atomic E-state index is 12.9. The minimum atomic E-state index is -0.446. The van der Waals surface area contributed by atoms with Crippen LogP contribution in [0.1, 0.15) is 6.92 Å². The van der Waals surface area contributed by atoms with Crippen LogP contribution in [0.4, 0.5) is 15.8 Å². The summed E-state index contributed by atoms with van der Waals surface area (Å²) in [6.07, 6.45) is 0. The number of carbonyl (C=O) groups is 1. The lowest BCUT2D eigenvalue weighted by Gasteiger charge is -2.15. The first-order valence-electron chi connectivity index (χ1n) is 6.14. The first-order chi connectivity index (χ1) is 9.56. The summed E-state index contributed by atoms with van der Waals surface area (Å²) in [4.78, 5) is 12.0. The summed E-state index contributed by atoms with van der Waals surface area (Å²) in [5.41, 5.74) is 1.24. The molecule has 2 aromatic rings. The topological polar surface area (TPSA) is 41.1 Å². The van der Waals surface area contributed by atoms with Gasteiger partial charge in [-0.25, -0.2) is 4.39 Å². The highest BCUT2D eigenvalue weighted by atomic mass is 35.5. The third-order valence-corrected chi connectivity index (χ3v) is 3.05. The molecule has 0 spiro atoms. The number of hydrogen-bond donors (Lipinski definition) is 2. The zero-order valence-corrected chi connectivity index (χ0v) is 11.6. The van der Waals surface area contributed by atoms with Crippen LogP contribution in [-0.4, -0.2) is 11.9 Å². The summed E-state index contributed by atoms with van der Waals surface area (Å²) in [5.74, 6) is -0.689. The molecule has 0 aliphatic carbocycles. The molecule has 1 atom stereocenters. The molecule has 0 saturated heterocycles. The van der Waals surface area contributed by atoms with Crippen LogP contribution in [0, 0.1) is 5.82 Å². The SMILES string of the molecule is CC(Nc1ccccc1)C(=O)Nc1ccc(F)cc1Cl. The summed E-state index contributed by atoms with van der Waals surface area (Å²) in [5, 5.41) is 5.89. The summed E-state index contributed by atoms with van der Waals surface area (Å²) in [7, 11) is 0. The van der Waals surface area contributed by atoms with Crippen LogP contribution < -0.4 is 10.6 Å². The van der Waals surface area contributed by atoms with Crippen molar-refractivity contribution in [2.24, 2.45) is 0 Å². The quantitative estimate of drug-likeness (QED) is 0.897. The van der Waals surface area contributed by atoms with Crippen molar-refractivity contribution >= 4 is 28.9 Å². The van der Waals surface area contributed by atoms with Gasteiger partial charge in [0.05, 0.1) is 10.7 Å². The number of anilines is 2. The van der Waals surface area contributed by atoms with E-state index in [1.54, 1.807) is 6.92 Å². The summed E-state index contributed by atoms with van der Waals surface area (Å²) in [6.45, 7) is 1.74. The molecule has 2 N–H and O–H groups in total. The van der Waals surface area contributed by atoms with Gasteiger partial charge in [0.2, 0.25) is 5.91 Å².